The van der Waals surface area contributed by atoms with Gasteiger partial charge in [0.2, 0.25) is 34.8 Å². The number of carbonyl (C=O) groups is 3. The van der Waals surface area contributed by atoms with Gasteiger partial charge in [-0.25, -0.2) is 13.2 Å². The van der Waals surface area contributed by atoms with Crippen LogP contribution < -0.4 is 4.74 Å². The highest BCUT2D eigenvalue weighted by Crippen LogP contribution is 2.38. The first kappa shape index (κ1) is 31.9. The Morgan fingerprint density at radius 3 is 1.54 bits per heavy atom. The van der Waals surface area contributed by atoms with Gasteiger partial charge in [0.1, 0.15) is 5.60 Å². The van der Waals surface area contributed by atoms with Crippen molar-refractivity contribution in [2.75, 3.05) is 0 Å². The van der Waals surface area contributed by atoms with Crippen molar-refractivity contribution in [2.24, 2.45) is 11.8 Å². The van der Waals surface area contributed by atoms with E-state index in [0.29, 0.717) is 6.92 Å². The monoisotopic (exact) mass is 562 g/mol. The van der Waals surface area contributed by atoms with E-state index in [4.69, 9.17) is 4.74 Å². The van der Waals surface area contributed by atoms with E-state index in [1.165, 1.54) is 0 Å². The summed E-state index contributed by atoms with van der Waals surface area (Å²) >= 11 is 0. The zero-order chi connectivity index (χ0) is 29.3. The van der Waals surface area contributed by atoms with Gasteiger partial charge in [-0.05, 0) is 13.8 Å². The number of carbonyl (C=O) groups excluding carboxylic acids is 3. The molecule has 0 radical (unpaired) electrons. The molecule has 0 spiro atoms. The molecule has 6 nitrogen and oxygen atoms in total. The van der Waals surface area contributed by atoms with Gasteiger partial charge in [-0.15, -0.1) is 0 Å². The Hall–Kier alpha value is -3.14. The number of rotatable bonds is 8. The summed E-state index contributed by atoms with van der Waals surface area (Å²) in [6, 6.07) is 0. The van der Waals surface area contributed by atoms with Gasteiger partial charge in [-0.2, -0.15) is 35.1 Å². The van der Waals surface area contributed by atoms with E-state index >= 15 is 0 Å². The molecule has 0 N–H and O–H groups in total. The summed E-state index contributed by atoms with van der Waals surface area (Å²) in [6.45, 7) is 3.52. The van der Waals surface area contributed by atoms with Crippen molar-refractivity contribution in [2.45, 2.75) is 58.2 Å². The second-order valence-corrected chi connectivity index (χ2v) is 8.17. The minimum absolute atomic E-state index is 0.611. The van der Waals surface area contributed by atoms with Crippen molar-refractivity contribution in [3.8, 4) is 5.75 Å². The number of hydrogen-bond acceptors (Lipinski definition) is 6. The summed E-state index contributed by atoms with van der Waals surface area (Å²) in [5.74, 6) is -25.1. The molecule has 0 saturated heterocycles. The maximum absolute atomic E-state index is 13.8. The third-order valence-corrected chi connectivity index (χ3v) is 4.61. The Bertz CT molecular complexity index is 1010. The summed E-state index contributed by atoms with van der Waals surface area (Å²) in [5.41, 5.74) is -1.86. The Kier molecular flexibility index (Phi) is 9.55. The van der Waals surface area contributed by atoms with Crippen molar-refractivity contribution in [3.63, 3.8) is 0 Å². The molecule has 0 amide bonds. The fourth-order valence-corrected chi connectivity index (χ4v) is 2.98. The second kappa shape index (κ2) is 11.1. The highest BCUT2D eigenvalue weighted by atomic mass is 19.4. The Labute approximate surface area is 200 Å². The van der Waals surface area contributed by atoms with Gasteiger partial charge in [0.15, 0.2) is 0 Å². The highest BCUT2D eigenvalue weighted by Gasteiger charge is 2.60. The maximum atomic E-state index is 13.8. The predicted octanol–water partition coefficient (Wildman–Crippen LogP) is 5.31. The molecule has 0 aliphatic carbocycles. The van der Waals surface area contributed by atoms with Gasteiger partial charge in [0.25, 0.3) is 6.10 Å². The maximum Gasteiger partial charge on any atom is 0.434 e. The predicted molar refractivity (Wildman–Crippen MR) is 97.0 cm³/mol. The lowest BCUT2D eigenvalue weighted by molar-refractivity contribution is -0.314. The van der Waals surface area contributed by atoms with E-state index in [-0.39, 0.29) is 0 Å². The molecular formula is C20H17F11O6. The SMILES string of the molecule is CC(=O)OC(C)(C)CC(C(=O)OC(C(F)(F)F)C(F)(F)F)C(C)C(=O)Oc1c(F)c(F)c(F)c(F)c1F. The van der Waals surface area contributed by atoms with E-state index in [2.05, 4.69) is 9.47 Å². The van der Waals surface area contributed by atoms with Crippen molar-refractivity contribution in [3.05, 3.63) is 29.1 Å². The van der Waals surface area contributed by atoms with Gasteiger partial charge in [-0.1, -0.05) is 6.92 Å². The molecule has 0 aliphatic rings. The smallest absolute Gasteiger partial charge is 0.434 e. The molecule has 1 aromatic rings. The molecule has 0 heterocycles. The molecule has 2 unspecified atom stereocenters. The quantitative estimate of drug-likeness (QED) is 0.141. The van der Waals surface area contributed by atoms with Crippen LogP contribution in [0.25, 0.3) is 0 Å². The van der Waals surface area contributed by atoms with Crippen LogP contribution in [0.15, 0.2) is 0 Å². The van der Waals surface area contributed by atoms with E-state index < -0.39 is 95.1 Å². The minimum Gasteiger partial charge on any atom is -0.460 e. The molecule has 0 fully saturated rings. The van der Waals surface area contributed by atoms with Gasteiger partial charge < -0.3 is 14.2 Å². The molecule has 2 atom stereocenters. The molecule has 0 aromatic heterocycles. The molecule has 17 heteroatoms. The Balaban J connectivity index is 3.45. The number of esters is 3. The van der Waals surface area contributed by atoms with Crippen molar-refractivity contribution >= 4 is 17.9 Å². The number of ether oxygens (including phenoxy) is 3. The van der Waals surface area contributed by atoms with Crippen LogP contribution in [0.5, 0.6) is 5.75 Å². The number of halogens is 11. The first-order valence-corrected chi connectivity index (χ1v) is 9.77. The number of benzene rings is 1. The van der Waals surface area contributed by atoms with E-state index in [1.807, 2.05) is 0 Å². The average molecular weight is 562 g/mol. The van der Waals surface area contributed by atoms with Crippen molar-refractivity contribution < 1.29 is 76.9 Å². The lowest BCUT2D eigenvalue weighted by atomic mass is 9.84. The van der Waals surface area contributed by atoms with Gasteiger partial charge in [0.05, 0.1) is 11.8 Å². The van der Waals surface area contributed by atoms with Gasteiger partial charge in [0, 0.05) is 13.3 Å². The lowest BCUT2D eigenvalue weighted by Crippen LogP contribution is -2.48. The Morgan fingerprint density at radius 1 is 0.757 bits per heavy atom. The summed E-state index contributed by atoms with van der Waals surface area (Å²) in [7, 11) is 0. The summed E-state index contributed by atoms with van der Waals surface area (Å²) < 4.78 is 157. The van der Waals surface area contributed by atoms with E-state index in [9.17, 15) is 62.7 Å². The average Bonchev–Trinajstić information content (AvgIpc) is 2.72. The minimum atomic E-state index is -6.16. The van der Waals surface area contributed by atoms with Gasteiger partial charge >= 0.3 is 30.3 Å². The van der Waals surface area contributed by atoms with Crippen LogP contribution in [-0.2, 0) is 23.9 Å². The molecule has 210 valence electrons. The van der Waals surface area contributed by atoms with Crippen molar-refractivity contribution in [1.82, 2.24) is 0 Å². The summed E-state index contributed by atoms with van der Waals surface area (Å²) in [6.07, 6.45) is -18.0. The van der Waals surface area contributed by atoms with E-state index in [0.717, 1.165) is 20.8 Å². The second-order valence-electron chi connectivity index (χ2n) is 8.17. The lowest BCUT2D eigenvalue weighted by Gasteiger charge is -2.32. The Morgan fingerprint density at radius 2 is 1.16 bits per heavy atom. The number of hydrogen-bond donors (Lipinski definition) is 0. The highest BCUT2D eigenvalue weighted by molar-refractivity contribution is 5.83. The molecule has 37 heavy (non-hydrogen) atoms. The van der Waals surface area contributed by atoms with Crippen LogP contribution >= 0.6 is 0 Å². The standard InChI is InChI=1S/C20H17F11O6/c1-6(15(33)35-14-12(24)10(22)9(21)11(23)13(14)25)8(5-18(3,4)37-7(2)32)16(34)36-17(19(26,27)28)20(29,30)31/h6,8,17H,5H2,1-4H3. The first-order valence-electron chi connectivity index (χ1n) is 9.77. The van der Waals surface area contributed by atoms with Crippen LogP contribution in [0.3, 0.4) is 0 Å². The van der Waals surface area contributed by atoms with Crippen LogP contribution in [0.4, 0.5) is 48.3 Å². The zero-order valence-electron chi connectivity index (χ0n) is 19.0. The molecular weight excluding hydrogens is 545 g/mol. The normalized spacial score (nSPS) is 14.3. The fraction of sp³-hybridized carbons (Fsp3) is 0.550. The molecule has 1 rings (SSSR count). The van der Waals surface area contributed by atoms with E-state index in [1.54, 1.807) is 0 Å². The van der Waals surface area contributed by atoms with Crippen LogP contribution in [-0.4, -0.2) is 42.0 Å². The van der Waals surface area contributed by atoms with Crippen LogP contribution in [0.1, 0.15) is 34.1 Å². The number of alkyl halides is 6. The van der Waals surface area contributed by atoms with Crippen LogP contribution in [0.2, 0.25) is 0 Å². The summed E-state index contributed by atoms with van der Waals surface area (Å²) in [5, 5.41) is 0. The zero-order valence-corrected chi connectivity index (χ0v) is 19.0. The topological polar surface area (TPSA) is 78.9 Å². The molecule has 1 aromatic carbocycles. The third kappa shape index (κ3) is 7.92. The largest absolute Gasteiger partial charge is 0.460 e. The van der Waals surface area contributed by atoms with Gasteiger partial charge in [-0.3, -0.25) is 14.4 Å². The molecule has 0 saturated carbocycles. The third-order valence-electron chi connectivity index (χ3n) is 4.61. The molecule has 0 aliphatic heterocycles. The van der Waals surface area contributed by atoms with Crippen molar-refractivity contribution in [1.29, 1.82) is 0 Å². The van der Waals surface area contributed by atoms with Crippen LogP contribution in [0, 0.1) is 40.9 Å². The first-order chi connectivity index (χ1) is 16.5. The fourth-order valence-electron chi connectivity index (χ4n) is 2.98. The summed E-state index contributed by atoms with van der Waals surface area (Å²) in [4.78, 5) is 36.1. The molecule has 0 bridgehead atoms.